The monoisotopic (exact) mass is 429 g/mol. The molecule has 0 aromatic heterocycles. The number of amidine groups is 1. The number of hydrogen-bond donors (Lipinski definition) is 4. The maximum Gasteiger partial charge on any atom is 0.254 e. The normalized spacial score (nSPS) is 21.0. The molecule has 0 unspecified atom stereocenters. The molecule has 0 atom stereocenters. The van der Waals surface area contributed by atoms with Crippen molar-refractivity contribution in [3.63, 3.8) is 0 Å². The van der Waals surface area contributed by atoms with E-state index in [-0.39, 0.29) is 36.2 Å². The molecule has 1 fully saturated rings. The Bertz CT molecular complexity index is 842. The first kappa shape index (κ1) is 24.4. The van der Waals surface area contributed by atoms with Crippen LogP contribution < -0.4 is 16.8 Å². The fraction of sp³-hybridized carbons (Fsp3) is 0.522. The van der Waals surface area contributed by atoms with Gasteiger partial charge in [0.1, 0.15) is 5.84 Å². The average molecular weight is 430 g/mol. The second-order valence-electron chi connectivity index (χ2n) is 7.69. The smallest absolute Gasteiger partial charge is 0.254 e. The molecule has 0 spiro atoms. The predicted octanol–water partition coefficient (Wildman–Crippen LogP) is 2.10. The summed E-state index contributed by atoms with van der Waals surface area (Å²) in [5, 5.41) is 11.5. The molecule has 1 aliphatic heterocycles. The molecule has 8 heteroatoms. The molecule has 6 N–H and O–H groups in total. The van der Waals surface area contributed by atoms with Gasteiger partial charge in [0, 0.05) is 42.5 Å². The lowest BCUT2D eigenvalue weighted by molar-refractivity contribution is -0.122. The molecule has 1 saturated carbocycles. The minimum absolute atomic E-state index is 0.0150. The van der Waals surface area contributed by atoms with E-state index in [4.69, 9.17) is 16.6 Å². The maximum atomic E-state index is 12.8. The number of nitrogens with two attached hydrogens (primary N) is 2. The molecule has 1 heterocycles. The Morgan fingerprint density at radius 1 is 1.29 bits per heavy atom. The standard InChI is InChI=1S/C21H29N5O3.C2H6/c1-13-10-15(22)11-17-18(13)12-26(21(17)29)16-4-2-14(3-5-16)20(28)25-19(23)6-7-24-8-9-27;1-2/h6-7,10-11,14,16,24,27H,2-5,8-9,12,22H2,1H3,(H2,23,25,28);1-2H3/b7-6-;. The van der Waals surface area contributed by atoms with Crippen molar-refractivity contribution in [2.24, 2.45) is 16.6 Å². The zero-order valence-electron chi connectivity index (χ0n) is 18.7. The number of carbonyl (C=O) groups is 2. The summed E-state index contributed by atoms with van der Waals surface area (Å²) in [7, 11) is 0. The van der Waals surface area contributed by atoms with Gasteiger partial charge in [0.25, 0.3) is 11.8 Å². The van der Waals surface area contributed by atoms with Gasteiger partial charge in [0.2, 0.25) is 0 Å². The first-order valence-corrected chi connectivity index (χ1v) is 11.0. The van der Waals surface area contributed by atoms with E-state index < -0.39 is 0 Å². The second-order valence-corrected chi connectivity index (χ2v) is 7.69. The molecular weight excluding hydrogens is 394 g/mol. The van der Waals surface area contributed by atoms with Crippen LogP contribution in [0.4, 0.5) is 5.69 Å². The zero-order valence-corrected chi connectivity index (χ0v) is 18.7. The summed E-state index contributed by atoms with van der Waals surface area (Å²) in [6.45, 7) is 7.02. The molecule has 3 rings (SSSR count). The number of fused-ring (bicyclic) bond motifs is 1. The van der Waals surface area contributed by atoms with Crippen molar-refractivity contribution in [3.8, 4) is 0 Å². The van der Waals surface area contributed by atoms with Crippen molar-refractivity contribution in [1.82, 2.24) is 10.2 Å². The molecule has 2 amide bonds. The van der Waals surface area contributed by atoms with Crippen LogP contribution in [0, 0.1) is 12.8 Å². The molecule has 1 aromatic carbocycles. The highest BCUT2D eigenvalue weighted by molar-refractivity contribution is 6.01. The number of carbonyl (C=O) groups excluding carboxylic acids is 2. The summed E-state index contributed by atoms with van der Waals surface area (Å²) < 4.78 is 0. The third-order valence-electron chi connectivity index (χ3n) is 5.67. The molecule has 0 saturated heterocycles. The van der Waals surface area contributed by atoms with Crippen LogP contribution in [-0.2, 0) is 11.3 Å². The topological polar surface area (TPSA) is 134 Å². The van der Waals surface area contributed by atoms with E-state index in [1.54, 1.807) is 12.3 Å². The highest BCUT2D eigenvalue weighted by atomic mass is 16.3. The van der Waals surface area contributed by atoms with Gasteiger partial charge < -0.3 is 26.8 Å². The number of aliphatic hydroxyl groups is 1. The van der Waals surface area contributed by atoms with Crippen LogP contribution in [0.1, 0.15) is 61.0 Å². The van der Waals surface area contributed by atoms with E-state index in [1.807, 2.05) is 31.7 Å². The van der Waals surface area contributed by atoms with Gasteiger partial charge >= 0.3 is 0 Å². The summed E-state index contributed by atoms with van der Waals surface area (Å²) in [5.41, 5.74) is 15.1. The number of anilines is 1. The number of nitrogens with zero attached hydrogens (tertiary/aromatic N) is 2. The lowest BCUT2D eigenvalue weighted by atomic mass is 9.85. The minimum atomic E-state index is -0.215. The van der Waals surface area contributed by atoms with Crippen molar-refractivity contribution >= 4 is 23.3 Å². The van der Waals surface area contributed by atoms with Crippen molar-refractivity contribution in [2.45, 2.75) is 59.0 Å². The largest absolute Gasteiger partial charge is 0.399 e. The number of aryl methyl sites for hydroxylation is 1. The predicted molar refractivity (Wildman–Crippen MR) is 123 cm³/mol. The molecule has 1 aliphatic carbocycles. The van der Waals surface area contributed by atoms with Gasteiger partial charge in [-0.1, -0.05) is 13.8 Å². The third-order valence-corrected chi connectivity index (χ3v) is 5.67. The van der Waals surface area contributed by atoms with Crippen LogP contribution in [0.3, 0.4) is 0 Å². The number of nitrogen functional groups attached to an aromatic ring is 1. The fourth-order valence-corrected chi connectivity index (χ4v) is 4.12. The summed E-state index contributed by atoms with van der Waals surface area (Å²) in [6.07, 6.45) is 5.99. The quantitative estimate of drug-likeness (QED) is 0.237. The molecule has 0 bridgehead atoms. The second kappa shape index (κ2) is 11.5. The highest BCUT2D eigenvalue weighted by Gasteiger charge is 2.36. The Balaban J connectivity index is 0.00000166. The minimum Gasteiger partial charge on any atom is -0.399 e. The van der Waals surface area contributed by atoms with Crippen molar-refractivity contribution in [1.29, 1.82) is 0 Å². The SMILES string of the molecule is CC.Cc1cc(N)cc2c1CN(C1CCC(C(=O)N=C(N)/C=C\NCCO)CC1)C2=O. The lowest BCUT2D eigenvalue weighted by Gasteiger charge is -2.33. The lowest BCUT2D eigenvalue weighted by Crippen LogP contribution is -2.39. The van der Waals surface area contributed by atoms with Gasteiger partial charge in [-0.05, 0) is 61.9 Å². The number of hydrogen-bond acceptors (Lipinski definition) is 5. The summed E-state index contributed by atoms with van der Waals surface area (Å²) in [4.78, 5) is 31.1. The van der Waals surface area contributed by atoms with Crippen LogP contribution in [0.2, 0.25) is 0 Å². The molecule has 1 aromatic rings. The number of rotatable bonds is 6. The van der Waals surface area contributed by atoms with Crippen LogP contribution in [0.15, 0.2) is 29.4 Å². The first-order chi connectivity index (χ1) is 14.9. The molecule has 8 nitrogen and oxygen atoms in total. The van der Waals surface area contributed by atoms with E-state index in [0.717, 1.165) is 24.0 Å². The Hall–Kier alpha value is -2.87. The van der Waals surface area contributed by atoms with Crippen LogP contribution in [-0.4, -0.2) is 46.8 Å². The van der Waals surface area contributed by atoms with Gasteiger partial charge in [-0.3, -0.25) is 9.59 Å². The fourth-order valence-electron chi connectivity index (χ4n) is 4.12. The Morgan fingerprint density at radius 2 is 1.97 bits per heavy atom. The molecule has 31 heavy (non-hydrogen) atoms. The van der Waals surface area contributed by atoms with E-state index in [1.165, 1.54) is 6.08 Å². The number of nitrogens with one attached hydrogen (secondary N) is 1. The van der Waals surface area contributed by atoms with Gasteiger partial charge in [0.15, 0.2) is 0 Å². The summed E-state index contributed by atoms with van der Waals surface area (Å²) in [6, 6.07) is 3.80. The Labute approximate surface area is 184 Å². The van der Waals surface area contributed by atoms with E-state index in [0.29, 0.717) is 37.2 Å². The van der Waals surface area contributed by atoms with E-state index in [9.17, 15) is 9.59 Å². The van der Waals surface area contributed by atoms with Crippen LogP contribution in [0.5, 0.6) is 0 Å². The maximum absolute atomic E-state index is 12.8. The molecule has 170 valence electrons. The van der Waals surface area contributed by atoms with Gasteiger partial charge in [-0.25, -0.2) is 0 Å². The number of benzene rings is 1. The molecule has 2 aliphatic rings. The number of aliphatic hydroxyl groups excluding tert-OH is 1. The number of aliphatic imine (C=N–C) groups is 1. The van der Waals surface area contributed by atoms with E-state index >= 15 is 0 Å². The van der Waals surface area contributed by atoms with Gasteiger partial charge in [-0.2, -0.15) is 4.99 Å². The van der Waals surface area contributed by atoms with Crippen molar-refractivity contribution in [2.75, 3.05) is 18.9 Å². The van der Waals surface area contributed by atoms with Crippen LogP contribution in [0.25, 0.3) is 0 Å². The Morgan fingerprint density at radius 3 is 2.61 bits per heavy atom. The summed E-state index contributed by atoms with van der Waals surface area (Å²) >= 11 is 0. The third kappa shape index (κ3) is 6.07. The van der Waals surface area contributed by atoms with Crippen molar-refractivity contribution in [3.05, 3.63) is 41.1 Å². The molecule has 0 radical (unpaired) electrons. The van der Waals surface area contributed by atoms with Crippen molar-refractivity contribution < 1.29 is 14.7 Å². The van der Waals surface area contributed by atoms with E-state index in [2.05, 4.69) is 10.3 Å². The van der Waals surface area contributed by atoms with Crippen LogP contribution >= 0.6 is 0 Å². The number of amides is 2. The highest BCUT2D eigenvalue weighted by Crippen LogP contribution is 2.35. The van der Waals surface area contributed by atoms with Gasteiger partial charge in [-0.15, -0.1) is 0 Å². The first-order valence-electron chi connectivity index (χ1n) is 11.0. The zero-order chi connectivity index (χ0) is 23.0. The average Bonchev–Trinajstić information content (AvgIpc) is 3.09. The Kier molecular flexibility index (Phi) is 9.05. The molecular formula is C23H35N5O3. The summed E-state index contributed by atoms with van der Waals surface area (Å²) in [5.74, 6) is -0.206. The van der Waals surface area contributed by atoms with Gasteiger partial charge in [0.05, 0.1) is 6.61 Å².